The summed E-state index contributed by atoms with van der Waals surface area (Å²) < 4.78 is 26.5. The highest BCUT2D eigenvalue weighted by Crippen LogP contribution is 2.32. The zero-order valence-electron chi connectivity index (χ0n) is 20.9. The van der Waals surface area contributed by atoms with Crippen molar-refractivity contribution in [2.45, 2.75) is 38.0 Å². The van der Waals surface area contributed by atoms with Crippen molar-refractivity contribution >= 4 is 34.7 Å². The Kier molecular flexibility index (Phi) is 8.21. The van der Waals surface area contributed by atoms with E-state index in [1.165, 1.54) is 17.4 Å². The van der Waals surface area contributed by atoms with E-state index in [9.17, 15) is 18.4 Å². The van der Waals surface area contributed by atoms with Crippen LogP contribution >= 0.6 is 11.3 Å². The molecule has 0 radical (unpaired) electrons. The fourth-order valence-corrected chi connectivity index (χ4v) is 5.42. The molecule has 1 fully saturated rings. The molecular weight excluding hydrogens is 524 g/mol. The van der Waals surface area contributed by atoms with Crippen molar-refractivity contribution in [1.29, 1.82) is 0 Å². The van der Waals surface area contributed by atoms with Crippen LogP contribution in [0.1, 0.15) is 40.0 Å². The number of Topliss-reactive ketones (excluding diaryl/α,β-unsaturated/α-hetero) is 1. The normalized spacial score (nSPS) is 13.8. The standard InChI is InChI=1S/C27H25F2N7O2S/c28-21-5-4-17(14-22(21)29)13-20(37)16-26-34-35-27(39-26)18-8-11-36(12-9-18)24-7-6-23(32-33-24)31-25(38)15-19-3-1-2-10-30-19/h1-7,10,14,18H,8-9,11-13,15-16H2,(H,31,32,38). The van der Waals surface area contributed by atoms with Crippen LogP contribution in [0.4, 0.5) is 20.4 Å². The Bertz CT molecular complexity index is 1440. The summed E-state index contributed by atoms with van der Waals surface area (Å²) in [6.45, 7) is 1.52. The lowest BCUT2D eigenvalue weighted by Crippen LogP contribution is -2.33. The van der Waals surface area contributed by atoms with E-state index < -0.39 is 11.6 Å². The second-order valence-electron chi connectivity index (χ2n) is 9.26. The highest BCUT2D eigenvalue weighted by molar-refractivity contribution is 7.11. The maximum atomic E-state index is 13.4. The number of carbonyl (C=O) groups excluding carboxylic acids is 2. The summed E-state index contributed by atoms with van der Waals surface area (Å²) in [6.07, 6.45) is 3.62. The van der Waals surface area contributed by atoms with Crippen LogP contribution in [0.5, 0.6) is 0 Å². The predicted octanol–water partition coefficient (Wildman–Crippen LogP) is 3.92. The lowest BCUT2D eigenvalue weighted by molar-refractivity contribution is -0.118. The van der Waals surface area contributed by atoms with Gasteiger partial charge in [0.2, 0.25) is 5.91 Å². The third-order valence-corrected chi connectivity index (χ3v) is 7.46. The van der Waals surface area contributed by atoms with Gasteiger partial charge >= 0.3 is 0 Å². The maximum Gasteiger partial charge on any atom is 0.231 e. The Morgan fingerprint density at radius 1 is 0.923 bits per heavy atom. The largest absolute Gasteiger partial charge is 0.355 e. The lowest BCUT2D eigenvalue weighted by Gasteiger charge is -2.31. The number of anilines is 2. The number of amides is 1. The minimum atomic E-state index is -0.963. The number of pyridine rings is 1. The van der Waals surface area contributed by atoms with E-state index >= 15 is 0 Å². The second-order valence-corrected chi connectivity index (χ2v) is 10.4. The minimum absolute atomic E-state index is 0.0121. The van der Waals surface area contributed by atoms with Crippen LogP contribution in [-0.2, 0) is 28.9 Å². The number of hydrogen-bond acceptors (Lipinski definition) is 9. The van der Waals surface area contributed by atoms with Crippen LogP contribution in [0.15, 0.2) is 54.7 Å². The van der Waals surface area contributed by atoms with Gasteiger partial charge in [0.1, 0.15) is 15.8 Å². The van der Waals surface area contributed by atoms with E-state index in [1.54, 1.807) is 24.4 Å². The summed E-state index contributed by atoms with van der Waals surface area (Å²) in [5, 5.41) is 21.2. The molecule has 0 saturated carbocycles. The summed E-state index contributed by atoms with van der Waals surface area (Å²) in [6, 6.07) is 12.5. The Labute approximate surface area is 227 Å². The van der Waals surface area contributed by atoms with Crippen molar-refractivity contribution in [3.05, 3.63) is 87.6 Å². The molecule has 0 spiro atoms. The molecule has 9 nitrogen and oxygen atoms in total. The molecule has 0 atom stereocenters. The zero-order valence-corrected chi connectivity index (χ0v) is 21.7. The number of nitrogens with one attached hydrogen (secondary N) is 1. The number of nitrogens with zero attached hydrogens (tertiary/aromatic N) is 6. The minimum Gasteiger partial charge on any atom is -0.355 e. The van der Waals surface area contributed by atoms with Gasteiger partial charge in [-0.3, -0.25) is 14.6 Å². The molecule has 1 aliphatic heterocycles. The molecule has 3 aromatic heterocycles. The Morgan fingerprint density at radius 2 is 1.77 bits per heavy atom. The molecule has 12 heteroatoms. The molecule has 1 saturated heterocycles. The molecule has 1 aliphatic rings. The average molecular weight is 550 g/mol. The van der Waals surface area contributed by atoms with Gasteiger partial charge in [-0.1, -0.05) is 12.1 Å². The van der Waals surface area contributed by atoms with Crippen molar-refractivity contribution < 1.29 is 18.4 Å². The maximum absolute atomic E-state index is 13.4. The van der Waals surface area contributed by atoms with Crippen molar-refractivity contribution in [2.75, 3.05) is 23.3 Å². The monoisotopic (exact) mass is 549 g/mol. The second kappa shape index (κ2) is 12.1. The van der Waals surface area contributed by atoms with E-state index in [0.717, 1.165) is 48.9 Å². The molecule has 4 aromatic rings. The molecule has 0 aliphatic carbocycles. The van der Waals surface area contributed by atoms with Crippen molar-refractivity contribution in [2.24, 2.45) is 0 Å². The number of ketones is 1. The predicted molar refractivity (Wildman–Crippen MR) is 141 cm³/mol. The van der Waals surface area contributed by atoms with E-state index in [-0.39, 0.29) is 36.9 Å². The first-order valence-electron chi connectivity index (χ1n) is 12.5. The van der Waals surface area contributed by atoms with Gasteiger partial charge in [0.15, 0.2) is 23.3 Å². The van der Waals surface area contributed by atoms with Gasteiger partial charge in [-0.15, -0.1) is 31.7 Å². The number of halogens is 2. The fraction of sp³-hybridized carbons (Fsp3) is 0.296. The van der Waals surface area contributed by atoms with Crippen LogP contribution in [-0.4, -0.2) is 50.2 Å². The number of hydrogen-bond donors (Lipinski definition) is 1. The van der Waals surface area contributed by atoms with Gasteiger partial charge in [0.25, 0.3) is 0 Å². The van der Waals surface area contributed by atoms with Gasteiger partial charge in [0, 0.05) is 37.3 Å². The summed E-state index contributed by atoms with van der Waals surface area (Å²) in [5.41, 5.74) is 1.11. The van der Waals surface area contributed by atoms with Gasteiger partial charge in [-0.25, -0.2) is 8.78 Å². The molecule has 39 heavy (non-hydrogen) atoms. The third-order valence-electron chi connectivity index (χ3n) is 6.37. The molecule has 5 rings (SSSR count). The topological polar surface area (TPSA) is 114 Å². The molecule has 0 bridgehead atoms. The quantitative estimate of drug-likeness (QED) is 0.334. The first kappa shape index (κ1) is 26.4. The van der Waals surface area contributed by atoms with Crippen molar-refractivity contribution in [3.63, 3.8) is 0 Å². The number of aromatic nitrogens is 5. The SMILES string of the molecule is O=C(Cc1ccc(F)c(F)c1)Cc1nnc(C2CCN(c3ccc(NC(=O)Cc4ccccn4)nn3)CC2)s1. The van der Waals surface area contributed by atoms with Crippen LogP contribution < -0.4 is 10.2 Å². The molecule has 1 aromatic carbocycles. The summed E-state index contributed by atoms with van der Waals surface area (Å²) in [4.78, 5) is 30.9. The summed E-state index contributed by atoms with van der Waals surface area (Å²) in [5.74, 6) is -0.891. The van der Waals surface area contributed by atoms with Gasteiger partial charge in [-0.05, 0) is 54.8 Å². The van der Waals surface area contributed by atoms with Crippen molar-refractivity contribution in [1.82, 2.24) is 25.4 Å². The molecule has 1 amide bonds. The number of benzene rings is 1. The number of rotatable bonds is 9. The van der Waals surface area contributed by atoms with Gasteiger partial charge in [0.05, 0.1) is 12.8 Å². The average Bonchev–Trinajstić information content (AvgIpc) is 3.40. The van der Waals surface area contributed by atoms with Crippen LogP contribution in [0.3, 0.4) is 0 Å². The molecule has 1 N–H and O–H groups in total. The van der Waals surface area contributed by atoms with Crippen LogP contribution in [0.25, 0.3) is 0 Å². The summed E-state index contributed by atoms with van der Waals surface area (Å²) in [7, 11) is 0. The van der Waals surface area contributed by atoms with Crippen LogP contribution in [0, 0.1) is 11.6 Å². The smallest absolute Gasteiger partial charge is 0.231 e. The lowest BCUT2D eigenvalue weighted by atomic mass is 9.98. The highest BCUT2D eigenvalue weighted by atomic mass is 32.1. The fourth-order valence-electron chi connectivity index (χ4n) is 4.38. The Balaban J connectivity index is 1.09. The van der Waals surface area contributed by atoms with E-state index in [2.05, 4.69) is 35.6 Å². The summed E-state index contributed by atoms with van der Waals surface area (Å²) >= 11 is 1.42. The van der Waals surface area contributed by atoms with Crippen LogP contribution in [0.2, 0.25) is 0 Å². The molecule has 0 unspecified atom stereocenters. The number of carbonyl (C=O) groups is 2. The molecular formula is C27H25F2N7O2S. The van der Waals surface area contributed by atoms with Crippen molar-refractivity contribution in [3.8, 4) is 0 Å². The van der Waals surface area contributed by atoms with Gasteiger partial charge < -0.3 is 10.2 Å². The third kappa shape index (κ3) is 7.02. The van der Waals surface area contributed by atoms with E-state index in [1.807, 2.05) is 12.1 Å². The Hall–Kier alpha value is -4.19. The molecule has 200 valence electrons. The van der Waals surface area contributed by atoms with Gasteiger partial charge in [-0.2, -0.15) is 0 Å². The first-order valence-corrected chi connectivity index (χ1v) is 13.3. The van der Waals surface area contributed by atoms with E-state index in [4.69, 9.17) is 0 Å². The zero-order chi connectivity index (χ0) is 27.2. The number of piperidine rings is 1. The van der Waals surface area contributed by atoms with E-state index in [0.29, 0.717) is 22.1 Å². The highest BCUT2D eigenvalue weighted by Gasteiger charge is 2.25. The molecule has 4 heterocycles. The Morgan fingerprint density at radius 3 is 2.49 bits per heavy atom. The first-order chi connectivity index (χ1) is 18.9.